The van der Waals surface area contributed by atoms with Crippen molar-refractivity contribution in [2.24, 2.45) is 5.41 Å². The quantitative estimate of drug-likeness (QED) is 0.775. The maximum Gasteiger partial charge on any atom is 0.0588 e. The number of rotatable bonds is 5. The van der Waals surface area contributed by atoms with Crippen molar-refractivity contribution in [2.75, 3.05) is 40.3 Å². The molecule has 0 aromatic carbocycles. The van der Waals surface area contributed by atoms with E-state index in [1.165, 1.54) is 71.0 Å². The average molecular weight is 363 g/mol. The van der Waals surface area contributed by atoms with Crippen LogP contribution in [-0.4, -0.2) is 56.2 Å². The highest BCUT2D eigenvalue weighted by atomic mass is 32.1. The minimum atomic E-state index is 0.282. The zero-order chi connectivity index (χ0) is 17.3. The molecule has 3 nitrogen and oxygen atoms in total. The summed E-state index contributed by atoms with van der Waals surface area (Å²) in [6.07, 6.45) is 11.2. The van der Waals surface area contributed by atoms with Crippen LogP contribution in [0.15, 0.2) is 17.5 Å². The van der Waals surface area contributed by atoms with E-state index in [0.29, 0.717) is 11.5 Å². The molecule has 3 fully saturated rings. The topological polar surface area (TPSA) is 15.7 Å². The van der Waals surface area contributed by atoms with Crippen LogP contribution in [0.2, 0.25) is 0 Å². The summed E-state index contributed by atoms with van der Waals surface area (Å²) in [7, 11) is 4.56. The maximum absolute atomic E-state index is 5.81. The smallest absolute Gasteiger partial charge is 0.0588 e. The summed E-state index contributed by atoms with van der Waals surface area (Å²) in [6.45, 7) is 4.87. The highest BCUT2D eigenvalue weighted by Gasteiger charge is 2.47. The van der Waals surface area contributed by atoms with Gasteiger partial charge in [-0.25, -0.2) is 0 Å². The van der Waals surface area contributed by atoms with E-state index in [1.54, 1.807) is 4.88 Å². The van der Waals surface area contributed by atoms with Crippen molar-refractivity contribution in [1.82, 2.24) is 9.80 Å². The van der Waals surface area contributed by atoms with Crippen molar-refractivity contribution in [2.45, 2.75) is 63.0 Å². The number of likely N-dealkylation sites (tertiary alicyclic amines) is 1. The first kappa shape index (κ1) is 18.0. The molecular formula is C21H34N2OS. The van der Waals surface area contributed by atoms with Gasteiger partial charge in [-0.1, -0.05) is 6.07 Å². The second kappa shape index (κ2) is 7.30. The standard InChI is InChI=1S/C21H34N2OS/c1-22(2)21(19-6-4-16-25-19)10-8-20(9-11-21)12-14-23(17-20)13-7-18-5-3-15-24-18/h4,6,16,18H,3,5,7-15,17H2,1-2H3. The number of ether oxygens (including phenoxy) is 1. The van der Waals surface area contributed by atoms with Crippen LogP contribution in [0.5, 0.6) is 0 Å². The highest BCUT2D eigenvalue weighted by molar-refractivity contribution is 7.10. The van der Waals surface area contributed by atoms with Gasteiger partial charge in [-0.15, -0.1) is 11.3 Å². The van der Waals surface area contributed by atoms with Gasteiger partial charge in [0.25, 0.3) is 0 Å². The Kier molecular flexibility index (Phi) is 5.25. The zero-order valence-corrected chi connectivity index (χ0v) is 16.8. The van der Waals surface area contributed by atoms with E-state index >= 15 is 0 Å². The minimum Gasteiger partial charge on any atom is -0.378 e. The Morgan fingerprint density at radius 1 is 1.24 bits per heavy atom. The van der Waals surface area contributed by atoms with Gasteiger partial charge >= 0.3 is 0 Å². The van der Waals surface area contributed by atoms with Crippen molar-refractivity contribution in [1.29, 1.82) is 0 Å². The first-order valence-electron chi connectivity index (χ1n) is 10.2. The van der Waals surface area contributed by atoms with E-state index in [-0.39, 0.29) is 5.54 Å². The van der Waals surface area contributed by atoms with Gasteiger partial charge < -0.3 is 9.64 Å². The van der Waals surface area contributed by atoms with Gasteiger partial charge in [0.2, 0.25) is 0 Å². The predicted molar refractivity (Wildman–Crippen MR) is 105 cm³/mol. The molecule has 25 heavy (non-hydrogen) atoms. The third-order valence-corrected chi connectivity index (χ3v) is 8.35. The molecule has 1 aromatic rings. The fraction of sp³-hybridized carbons (Fsp3) is 0.810. The van der Waals surface area contributed by atoms with Gasteiger partial charge in [0.1, 0.15) is 0 Å². The summed E-state index contributed by atoms with van der Waals surface area (Å²) in [5, 5.41) is 2.24. The number of hydrogen-bond acceptors (Lipinski definition) is 4. The second-order valence-corrected chi connectivity index (χ2v) is 9.80. The molecule has 1 aliphatic carbocycles. The molecule has 0 amide bonds. The van der Waals surface area contributed by atoms with Crippen LogP contribution >= 0.6 is 11.3 Å². The van der Waals surface area contributed by atoms with Gasteiger partial charge in [-0.05, 0) is 88.9 Å². The molecule has 1 saturated carbocycles. The number of nitrogens with zero attached hydrogens (tertiary/aromatic N) is 2. The third-order valence-electron chi connectivity index (χ3n) is 7.28. The molecule has 1 atom stereocenters. The van der Waals surface area contributed by atoms with E-state index < -0.39 is 0 Å². The average Bonchev–Trinajstić information content (AvgIpc) is 3.37. The molecule has 1 unspecified atom stereocenters. The van der Waals surface area contributed by atoms with Crippen LogP contribution in [0.4, 0.5) is 0 Å². The summed E-state index contributed by atoms with van der Waals surface area (Å²) in [6, 6.07) is 4.57. The monoisotopic (exact) mass is 362 g/mol. The van der Waals surface area contributed by atoms with Crippen LogP contribution in [0.1, 0.15) is 56.2 Å². The van der Waals surface area contributed by atoms with Gasteiger partial charge in [-0.2, -0.15) is 0 Å². The van der Waals surface area contributed by atoms with Crippen LogP contribution in [0.3, 0.4) is 0 Å². The van der Waals surface area contributed by atoms with Gasteiger partial charge in [0.05, 0.1) is 11.6 Å². The molecule has 4 rings (SSSR count). The second-order valence-electron chi connectivity index (χ2n) is 8.85. The van der Waals surface area contributed by atoms with Crippen molar-refractivity contribution >= 4 is 11.3 Å². The van der Waals surface area contributed by atoms with Crippen LogP contribution in [-0.2, 0) is 10.3 Å². The lowest BCUT2D eigenvalue weighted by atomic mass is 9.66. The van der Waals surface area contributed by atoms with Crippen LogP contribution in [0, 0.1) is 5.41 Å². The first-order chi connectivity index (χ1) is 12.1. The highest BCUT2D eigenvalue weighted by Crippen LogP contribution is 2.52. The summed E-state index contributed by atoms with van der Waals surface area (Å²) >= 11 is 1.94. The Morgan fingerprint density at radius 3 is 2.72 bits per heavy atom. The van der Waals surface area contributed by atoms with Crippen molar-refractivity contribution in [3.8, 4) is 0 Å². The Bertz CT molecular complexity index is 542. The molecule has 0 N–H and O–H groups in total. The molecular weight excluding hydrogens is 328 g/mol. The SMILES string of the molecule is CN(C)C1(c2cccs2)CCC2(CCN(CCC3CCCO3)C2)CC1. The van der Waals surface area contributed by atoms with E-state index in [0.717, 1.165) is 6.61 Å². The Hall–Kier alpha value is -0.420. The fourth-order valence-corrected chi connectivity index (χ4v) is 6.54. The minimum absolute atomic E-state index is 0.282. The Morgan fingerprint density at radius 2 is 2.08 bits per heavy atom. The van der Waals surface area contributed by atoms with Crippen LogP contribution in [0.25, 0.3) is 0 Å². The van der Waals surface area contributed by atoms with Crippen LogP contribution < -0.4 is 0 Å². The molecule has 3 heterocycles. The van der Waals surface area contributed by atoms with E-state index in [1.807, 2.05) is 11.3 Å². The van der Waals surface area contributed by atoms with Crippen molar-refractivity contribution < 1.29 is 4.74 Å². The summed E-state index contributed by atoms with van der Waals surface area (Å²) in [5.41, 5.74) is 0.873. The van der Waals surface area contributed by atoms with Crippen molar-refractivity contribution in [3.05, 3.63) is 22.4 Å². The molecule has 2 saturated heterocycles. The largest absolute Gasteiger partial charge is 0.378 e. The molecule has 3 aliphatic rings. The molecule has 1 aromatic heterocycles. The summed E-state index contributed by atoms with van der Waals surface area (Å²) in [4.78, 5) is 6.80. The molecule has 0 radical (unpaired) electrons. The molecule has 2 aliphatic heterocycles. The number of thiophene rings is 1. The summed E-state index contributed by atoms with van der Waals surface area (Å²) in [5.74, 6) is 0. The van der Waals surface area contributed by atoms with Gasteiger partial charge in [0.15, 0.2) is 0 Å². The Balaban J connectivity index is 1.34. The molecule has 1 spiro atoms. The maximum atomic E-state index is 5.81. The lowest BCUT2D eigenvalue weighted by Crippen LogP contribution is -2.47. The first-order valence-corrected chi connectivity index (χ1v) is 11.1. The zero-order valence-electron chi connectivity index (χ0n) is 16.0. The third kappa shape index (κ3) is 3.55. The molecule has 4 heteroatoms. The van der Waals surface area contributed by atoms with Gasteiger partial charge in [-0.3, -0.25) is 4.90 Å². The predicted octanol–water partition coefficient (Wildman–Crippen LogP) is 4.34. The normalized spacial score (nSPS) is 36.7. The van der Waals surface area contributed by atoms with Crippen molar-refractivity contribution in [3.63, 3.8) is 0 Å². The van der Waals surface area contributed by atoms with E-state index in [2.05, 4.69) is 41.4 Å². The number of hydrogen-bond donors (Lipinski definition) is 0. The molecule has 140 valence electrons. The lowest BCUT2D eigenvalue weighted by molar-refractivity contribution is 0.0393. The lowest BCUT2D eigenvalue weighted by Gasteiger charge is -2.48. The Labute approximate surface area is 157 Å². The van der Waals surface area contributed by atoms with E-state index in [4.69, 9.17) is 4.74 Å². The van der Waals surface area contributed by atoms with Gasteiger partial charge in [0, 0.05) is 24.6 Å². The van der Waals surface area contributed by atoms with E-state index in [9.17, 15) is 0 Å². The summed E-state index contributed by atoms with van der Waals surface area (Å²) < 4.78 is 5.81. The fourth-order valence-electron chi connectivity index (χ4n) is 5.48. The molecule has 0 bridgehead atoms.